The SMILES string of the molecule is CCCCC(NC(=O)C1CCN(Cc2ccccc2)CC1)C(=O)O. The van der Waals surface area contributed by atoms with Crippen LogP contribution < -0.4 is 5.32 Å². The molecule has 0 bridgehead atoms. The van der Waals surface area contributed by atoms with E-state index in [-0.39, 0.29) is 11.8 Å². The lowest BCUT2D eigenvalue weighted by atomic mass is 9.95. The van der Waals surface area contributed by atoms with Crippen molar-refractivity contribution in [1.29, 1.82) is 0 Å². The van der Waals surface area contributed by atoms with Gasteiger partial charge in [-0.05, 0) is 37.9 Å². The highest BCUT2D eigenvalue weighted by Gasteiger charge is 2.28. The van der Waals surface area contributed by atoms with E-state index in [0.29, 0.717) is 6.42 Å². The van der Waals surface area contributed by atoms with Crippen LogP contribution in [0, 0.1) is 5.92 Å². The van der Waals surface area contributed by atoms with Crippen molar-refractivity contribution >= 4 is 11.9 Å². The first-order valence-corrected chi connectivity index (χ1v) is 8.89. The minimum absolute atomic E-state index is 0.0690. The second kappa shape index (κ2) is 9.42. The Morgan fingerprint density at radius 2 is 1.92 bits per heavy atom. The molecule has 1 fully saturated rings. The van der Waals surface area contributed by atoms with Gasteiger partial charge in [-0.1, -0.05) is 50.1 Å². The van der Waals surface area contributed by atoms with Crippen molar-refractivity contribution in [2.24, 2.45) is 5.92 Å². The van der Waals surface area contributed by atoms with Gasteiger partial charge >= 0.3 is 5.97 Å². The van der Waals surface area contributed by atoms with E-state index in [9.17, 15) is 14.7 Å². The molecule has 5 heteroatoms. The van der Waals surface area contributed by atoms with Gasteiger partial charge in [0.15, 0.2) is 0 Å². The molecular weight excluding hydrogens is 304 g/mol. The lowest BCUT2D eigenvalue weighted by Gasteiger charge is -2.31. The van der Waals surface area contributed by atoms with E-state index >= 15 is 0 Å². The fraction of sp³-hybridized carbons (Fsp3) is 0.579. The molecule has 2 rings (SSSR count). The number of amides is 1. The number of carboxylic acids is 1. The molecule has 1 amide bonds. The van der Waals surface area contributed by atoms with Crippen LogP contribution in [0.5, 0.6) is 0 Å². The molecule has 1 heterocycles. The maximum absolute atomic E-state index is 12.3. The Kier molecular flexibility index (Phi) is 7.25. The molecule has 1 unspecified atom stereocenters. The monoisotopic (exact) mass is 332 g/mol. The van der Waals surface area contributed by atoms with E-state index in [1.54, 1.807) is 0 Å². The van der Waals surface area contributed by atoms with Crippen molar-refractivity contribution in [3.63, 3.8) is 0 Å². The summed E-state index contributed by atoms with van der Waals surface area (Å²) in [6.07, 6.45) is 3.83. The van der Waals surface area contributed by atoms with Crippen molar-refractivity contribution < 1.29 is 14.7 Å². The number of hydrogen-bond donors (Lipinski definition) is 2. The van der Waals surface area contributed by atoms with Crippen molar-refractivity contribution in [1.82, 2.24) is 10.2 Å². The van der Waals surface area contributed by atoms with E-state index in [1.165, 1.54) is 5.56 Å². The molecule has 1 aromatic carbocycles. The quantitative estimate of drug-likeness (QED) is 0.768. The predicted octanol–water partition coefficient (Wildman–Crippen LogP) is 2.66. The van der Waals surface area contributed by atoms with Gasteiger partial charge in [0.2, 0.25) is 5.91 Å². The molecule has 1 aliphatic rings. The van der Waals surface area contributed by atoms with Gasteiger partial charge in [-0.2, -0.15) is 0 Å². The number of piperidine rings is 1. The number of nitrogens with one attached hydrogen (secondary N) is 1. The van der Waals surface area contributed by atoms with Crippen LogP contribution in [0.25, 0.3) is 0 Å². The Bertz CT molecular complexity index is 525. The number of unbranched alkanes of at least 4 members (excludes halogenated alkanes) is 1. The standard InChI is InChI=1S/C19H28N2O3/c1-2-3-9-17(19(23)24)20-18(22)16-10-12-21(13-11-16)14-15-7-5-4-6-8-15/h4-8,16-17H,2-3,9-14H2,1H3,(H,20,22)(H,23,24). The number of hydrogen-bond acceptors (Lipinski definition) is 3. The maximum atomic E-state index is 12.3. The van der Waals surface area contributed by atoms with Gasteiger partial charge in [-0.15, -0.1) is 0 Å². The number of aliphatic carboxylic acids is 1. The second-order valence-electron chi connectivity index (χ2n) is 6.58. The summed E-state index contributed by atoms with van der Waals surface area (Å²) in [6.45, 7) is 4.67. The van der Waals surface area contributed by atoms with Gasteiger partial charge < -0.3 is 10.4 Å². The Labute approximate surface area is 144 Å². The molecule has 0 radical (unpaired) electrons. The molecule has 0 saturated carbocycles. The Balaban J connectivity index is 1.78. The lowest BCUT2D eigenvalue weighted by Crippen LogP contribution is -2.46. The number of benzene rings is 1. The number of carboxylic acid groups (broad SMARTS) is 1. The Morgan fingerprint density at radius 3 is 2.50 bits per heavy atom. The third kappa shape index (κ3) is 5.64. The zero-order valence-corrected chi connectivity index (χ0v) is 14.4. The van der Waals surface area contributed by atoms with Gasteiger partial charge in [-0.3, -0.25) is 9.69 Å². The summed E-state index contributed by atoms with van der Waals surface area (Å²) in [5.74, 6) is -1.10. The molecule has 0 aliphatic carbocycles. The molecule has 0 spiro atoms. The van der Waals surface area contributed by atoms with E-state index < -0.39 is 12.0 Å². The van der Waals surface area contributed by atoms with Crippen LogP contribution in [0.3, 0.4) is 0 Å². The topological polar surface area (TPSA) is 69.6 Å². The van der Waals surface area contributed by atoms with Crippen LogP contribution in [0.2, 0.25) is 0 Å². The normalized spacial score (nSPS) is 17.4. The summed E-state index contributed by atoms with van der Waals surface area (Å²) in [4.78, 5) is 26.0. The summed E-state index contributed by atoms with van der Waals surface area (Å²) in [5, 5.41) is 12.0. The average molecular weight is 332 g/mol. The van der Waals surface area contributed by atoms with Gasteiger partial charge in [-0.25, -0.2) is 4.79 Å². The summed E-state index contributed by atoms with van der Waals surface area (Å²) in [7, 11) is 0. The van der Waals surface area contributed by atoms with Crippen molar-refractivity contribution in [3.05, 3.63) is 35.9 Å². The highest BCUT2D eigenvalue weighted by molar-refractivity contribution is 5.85. The molecule has 1 saturated heterocycles. The zero-order valence-electron chi connectivity index (χ0n) is 14.4. The smallest absolute Gasteiger partial charge is 0.326 e. The summed E-state index contributed by atoms with van der Waals surface area (Å²) in [5.41, 5.74) is 1.28. The first kappa shape index (κ1) is 18.5. The molecule has 0 aromatic heterocycles. The second-order valence-corrected chi connectivity index (χ2v) is 6.58. The summed E-state index contributed by atoms with van der Waals surface area (Å²) in [6, 6.07) is 9.57. The number of nitrogens with zero attached hydrogens (tertiary/aromatic N) is 1. The predicted molar refractivity (Wildman–Crippen MR) is 93.5 cm³/mol. The first-order valence-electron chi connectivity index (χ1n) is 8.89. The molecule has 1 aromatic rings. The molecule has 24 heavy (non-hydrogen) atoms. The van der Waals surface area contributed by atoms with Gasteiger partial charge in [0.25, 0.3) is 0 Å². The van der Waals surface area contributed by atoms with Crippen LogP contribution in [0.1, 0.15) is 44.6 Å². The van der Waals surface area contributed by atoms with E-state index in [2.05, 4.69) is 22.3 Å². The van der Waals surface area contributed by atoms with Gasteiger partial charge in [0.1, 0.15) is 6.04 Å². The molecule has 2 N–H and O–H groups in total. The lowest BCUT2D eigenvalue weighted by molar-refractivity contribution is -0.143. The van der Waals surface area contributed by atoms with Crippen LogP contribution in [-0.2, 0) is 16.1 Å². The molecular formula is C19H28N2O3. The molecule has 1 aliphatic heterocycles. The fourth-order valence-electron chi connectivity index (χ4n) is 3.15. The molecule has 132 valence electrons. The van der Waals surface area contributed by atoms with Crippen LogP contribution in [-0.4, -0.2) is 41.0 Å². The zero-order chi connectivity index (χ0) is 17.4. The number of likely N-dealkylation sites (tertiary alicyclic amines) is 1. The number of rotatable bonds is 8. The average Bonchev–Trinajstić information content (AvgIpc) is 2.59. The fourth-order valence-corrected chi connectivity index (χ4v) is 3.15. The highest BCUT2D eigenvalue weighted by atomic mass is 16.4. The number of carbonyl (C=O) groups excluding carboxylic acids is 1. The van der Waals surface area contributed by atoms with Crippen molar-refractivity contribution in [2.45, 2.75) is 51.6 Å². The van der Waals surface area contributed by atoms with Crippen molar-refractivity contribution in [3.8, 4) is 0 Å². The summed E-state index contributed by atoms with van der Waals surface area (Å²) >= 11 is 0. The Morgan fingerprint density at radius 1 is 1.25 bits per heavy atom. The van der Waals surface area contributed by atoms with Crippen LogP contribution >= 0.6 is 0 Å². The minimum atomic E-state index is -0.932. The molecule has 1 atom stereocenters. The van der Waals surface area contributed by atoms with E-state index in [4.69, 9.17) is 0 Å². The molecule has 5 nitrogen and oxygen atoms in total. The third-order valence-corrected chi connectivity index (χ3v) is 4.67. The van der Waals surface area contributed by atoms with Crippen LogP contribution in [0.4, 0.5) is 0 Å². The summed E-state index contributed by atoms with van der Waals surface area (Å²) < 4.78 is 0. The maximum Gasteiger partial charge on any atom is 0.326 e. The van der Waals surface area contributed by atoms with Gasteiger partial charge in [0, 0.05) is 12.5 Å². The Hall–Kier alpha value is -1.88. The third-order valence-electron chi connectivity index (χ3n) is 4.67. The first-order chi connectivity index (χ1) is 11.6. The largest absolute Gasteiger partial charge is 0.480 e. The minimum Gasteiger partial charge on any atom is -0.480 e. The van der Waals surface area contributed by atoms with Gasteiger partial charge in [0.05, 0.1) is 0 Å². The van der Waals surface area contributed by atoms with E-state index in [0.717, 1.165) is 45.3 Å². The van der Waals surface area contributed by atoms with Crippen molar-refractivity contribution in [2.75, 3.05) is 13.1 Å². The highest BCUT2D eigenvalue weighted by Crippen LogP contribution is 2.19. The van der Waals surface area contributed by atoms with Crippen LogP contribution in [0.15, 0.2) is 30.3 Å². The number of carbonyl (C=O) groups is 2. The van der Waals surface area contributed by atoms with E-state index in [1.807, 2.05) is 25.1 Å².